The van der Waals surface area contributed by atoms with E-state index in [1.807, 2.05) is 18.2 Å². The minimum absolute atomic E-state index is 0.0714. The average Bonchev–Trinajstić information content (AvgIpc) is 3.11. The number of nitrogens with one attached hydrogen (secondary N) is 1. The van der Waals surface area contributed by atoms with E-state index in [1.54, 1.807) is 36.4 Å². The smallest absolute Gasteiger partial charge is 0.307 e. The molecule has 3 rings (SSSR count). The van der Waals surface area contributed by atoms with Crippen molar-refractivity contribution in [1.82, 2.24) is 5.43 Å². The molecule has 0 atom stereocenters. The maximum Gasteiger partial charge on any atom is 0.307 e. The van der Waals surface area contributed by atoms with Crippen LogP contribution in [0.5, 0.6) is 11.5 Å². The van der Waals surface area contributed by atoms with Crippen molar-refractivity contribution in [2.24, 2.45) is 5.10 Å². The van der Waals surface area contributed by atoms with E-state index in [2.05, 4.69) is 10.5 Å². The molecule has 0 fully saturated rings. The maximum atomic E-state index is 12.2. The fraction of sp³-hybridized carbons (Fsp3) is 0.105. The molecule has 1 N–H and O–H groups in total. The highest BCUT2D eigenvalue weighted by molar-refractivity contribution is 5.97. The van der Waals surface area contributed by atoms with Crippen LogP contribution < -0.4 is 14.9 Å². The summed E-state index contributed by atoms with van der Waals surface area (Å²) in [5.41, 5.74) is 3.54. The van der Waals surface area contributed by atoms with E-state index in [0.717, 1.165) is 5.39 Å². The molecule has 26 heavy (non-hydrogen) atoms. The molecule has 130 valence electrons. The van der Waals surface area contributed by atoms with Crippen LogP contribution in [0.3, 0.4) is 0 Å². The summed E-state index contributed by atoms with van der Waals surface area (Å²) in [7, 11) is 1.53. The van der Waals surface area contributed by atoms with Crippen molar-refractivity contribution in [3.63, 3.8) is 0 Å². The molecule has 0 radical (unpaired) electrons. The summed E-state index contributed by atoms with van der Waals surface area (Å²) in [6.07, 6.45) is 1.44. The molecule has 1 amide bonds. The second-order valence-corrected chi connectivity index (χ2v) is 5.17. The van der Waals surface area contributed by atoms with Gasteiger partial charge in [0.05, 0.1) is 13.3 Å². The van der Waals surface area contributed by atoms with Crippen LogP contribution in [-0.4, -0.2) is 25.8 Å². The maximum absolute atomic E-state index is 12.2. The minimum Gasteiger partial charge on any atom is -0.493 e. The molecule has 0 spiro atoms. The van der Waals surface area contributed by atoms with E-state index in [9.17, 15) is 4.79 Å². The summed E-state index contributed by atoms with van der Waals surface area (Å²) >= 11 is 0. The molecular formula is C19H15N3O4. The number of hydrazone groups is 1. The van der Waals surface area contributed by atoms with Gasteiger partial charge < -0.3 is 13.9 Å². The number of hydrogen-bond donors (Lipinski definition) is 1. The Bertz CT molecular complexity index is 1000. The number of para-hydroxylation sites is 2. The van der Waals surface area contributed by atoms with Crippen molar-refractivity contribution in [2.45, 2.75) is 0 Å². The molecular weight excluding hydrogens is 334 g/mol. The number of carbonyl (C=O) groups excluding carboxylic acids is 1. The highest BCUT2D eigenvalue weighted by atomic mass is 16.5. The summed E-state index contributed by atoms with van der Waals surface area (Å²) in [6.45, 7) is -0.0714. The number of benzene rings is 2. The van der Waals surface area contributed by atoms with Crippen LogP contribution in [0.4, 0.5) is 0 Å². The van der Waals surface area contributed by atoms with Gasteiger partial charge in [0.15, 0.2) is 23.7 Å². The topological polar surface area (TPSA) is 96.9 Å². The van der Waals surface area contributed by atoms with E-state index in [-0.39, 0.29) is 12.4 Å². The third-order valence-corrected chi connectivity index (χ3v) is 3.53. The van der Waals surface area contributed by atoms with Crippen molar-refractivity contribution in [2.75, 3.05) is 13.7 Å². The number of ether oxygens (including phenoxy) is 2. The Morgan fingerprint density at radius 1 is 1.27 bits per heavy atom. The number of nitrogens with zero attached hydrogens (tertiary/aromatic N) is 2. The lowest BCUT2D eigenvalue weighted by molar-refractivity contribution is 0.0929. The average molecular weight is 349 g/mol. The molecule has 0 saturated carbocycles. The molecule has 0 bridgehead atoms. The molecule has 0 aliphatic carbocycles. The molecule has 0 saturated heterocycles. The van der Waals surface area contributed by atoms with Crippen LogP contribution in [0, 0.1) is 11.3 Å². The van der Waals surface area contributed by atoms with Crippen LogP contribution in [0.15, 0.2) is 58.0 Å². The van der Waals surface area contributed by atoms with Crippen LogP contribution in [0.25, 0.3) is 11.0 Å². The summed E-state index contributed by atoms with van der Waals surface area (Å²) in [4.78, 5) is 12.2. The lowest BCUT2D eigenvalue weighted by atomic mass is 10.2. The molecule has 1 aromatic heterocycles. The standard InChI is InChI=1S/C19H15N3O4/c1-24-16-8-4-6-13-11-17(26-18(13)16)19(23)22-21-12-14-5-2-3-7-15(14)25-10-9-20/h2-8,11-12H,10H2,1H3,(H,22,23)/b21-12+. The third-order valence-electron chi connectivity index (χ3n) is 3.53. The molecule has 1 heterocycles. The van der Waals surface area contributed by atoms with E-state index in [1.165, 1.54) is 13.3 Å². The van der Waals surface area contributed by atoms with Gasteiger partial charge in [-0.25, -0.2) is 5.43 Å². The summed E-state index contributed by atoms with van der Waals surface area (Å²) < 4.78 is 16.1. The fourth-order valence-corrected chi connectivity index (χ4v) is 2.35. The molecule has 0 aliphatic heterocycles. The van der Waals surface area contributed by atoms with Gasteiger partial charge in [0.2, 0.25) is 0 Å². The van der Waals surface area contributed by atoms with Crippen molar-refractivity contribution < 1.29 is 18.7 Å². The highest BCUT2D eigenvalue weighted by Crippen LogP contribution is 2.28. The van der Waals surface area contributed by atoms with E-state index < -0.39 is 5.91 Å². The molecule has 0 unspecified atom stereocenters. The number of nitriles is 1. The third kappa shape index (κ3) is 3.65. The lowest BCUT2D eigenvalue weighted by Gasteiger charge is -2.04. The van der Waals surface area contributed by atoms with Crippen molar-refractivity contribution in [3.8, 4) is 17.6 Å². The molecule has 0 aliphatic rings. The number of rotatable bonds is 6. The minimum atomic E-state index is -0.491. The molecule has 2 aromatic carbocycles. The van der Waals surface area contributed by atoms with Crippen LogP contribution >= 0.6 is 0 Å². The first-order chi connectivity index (χ1) is 12.7. The number of methoxy groups -OCH3 is 1. The quantitative estimate of drug-likeness (QED) is 0.545. The van der Waals surface area contributed by atoms with E-state index in [0.29, 0.717) is 22.6 Å². The van der Waals surface area contributed by atoms with Crippen molar-refractivity contribution in [1.29, 1.82) is 5.26 Å². The second-order valence-electron chi connectivity index (χ2n) is 5.17. The Balaban J connectivity index is 1.73. The van der Waals surface area contributed by atoms with Crippen LogP contribution in [0.2, 0.25) is 0 Å². The van der Waals surface area contributed by atoms with Crippen molar-refractivity contribution >= 4 is 23.1 Å². The Morgan fingerprint density at radius 3 is 2.88 bits per heavy atom. The Morgan fingerprint density at radius 2 is 2.08 bits per heavy atom. The van der Waals surface area contributed by atoms with Gasteiger partial charge in [0, 0.05) is 10.9 Å². The first-order valence-corrected chi connectivity index (χ1v) is 7.71. The van der Waals surface area contributed by atoms with Gasteiger partial charge in [-0.05, 0) is 24.3 Å². The predicted molar refractivity (Wildman–Crippen MR) is 95.4 cm³/mol. The lowest BCUT2D eigenvalue weighted by Crippen LogP contribution is -2.16. The zero-order valence-corrected chi connectivity index (χ0v) is 13.9. The highest BCUT2D eigenvalue weighted by Gasteiger charge is 2.14. The van der Waals surface area contributed by atoms with Gasteiger partial charge in [-0.1, -0.05) is 24.3 Å². The predicted octanol–water partition coefficient (Wildman–Crippen LogP) is 3.11. The molecule has 3 aromatic rings. The van der Waals surface area contributed by atoms with Crippen molar-refractivity contribution in [3.05, 3.63) is 59.9 Å². The first-order valence-electron chi connectivity index (χ1n) is 7.71. The summed E-state index contributed by atoms with van der Waals surface area (Å²) in [5, 5.41) is 13.3. The largest absolute Gasteiger partial charge is 0.493 e. The molecule has 7 nitrogen and oxygen atoms in total. The van der Waals surface area contributed by atoms with E-state index in [4.69, 9.17) is 19.2 Å². The second kappa shape index (κ2) is 7.85. The number of carbonyl (C=O) groups is 1. The number of fused-ring (bicyclic) bond motifs is 1. The summed E-state index contributed by atoms with van der Waals surface area (Å²) in [5.74, 6) is 0.680. The number of hydrogen-bond acceptors (Lipinski definition) is 6. The first kappa shape index (κ1) is 17.0. The van der Waals surface area contributed by atoms with Gasteiger partial charge in [-0.2, -0.15) is 10.4 Å². The Kier molecular flexibility index (Phi) is 5.15. The number of amides is 1. The summed E-state index contributed by atoms with van der Waals surface area (Å²) in [6, 6.07) is 16.0. The van der Waals surface area contributed by atoms with Gasteiger partial charge in [-0.3, -0.25) is 4.79 Å². The Hall–Kier alpha value is -3.79. The normalized spacial score (nSPS) is 10.6. The monoisotopic (exact) mass is 349 g/mol. The SMILES string of the molecule is COc1cccc2cc(C(=O)N/N=C/c3ccccc3OCC#N)oc12. The van der Waals surface area contributed by atoms with Gasteiger partial charge >= 0.3 is 5.91 Å². The van der Waals surface area contributed by atoms with Gasteiger partial charge in [0.25, 0.3) is 0 Å². The zero-order chi connectivity index (χ0) is 18.4. The number of furan rings is 1. The van der Waals surface area contributed by atoms with Gasteiger partial charge in [0.1, 0.15) is 11.8 Å². The molecule has 7 heteroatoms. The van der Waals surface area contributed by atoms with Crippen LogP contribution in [0.1, 0.15) is 16.1 Å². The van der Waals surface area contributed by atoms with Crippen LogP contribution in [-0.2, 0) is 0 Å². The fourth-order valence-electron chi connectivity index (χ4n) is 2.35. The zero-order valence-electron chi connectivity index (χ0n) is 13.9. The Labute approximate surface area is 149 Å². The van der Waals surface area contributed by atoms with E-state index >= 15 is 0 Å². The van der Waals surface area contributed by atoms with Gasteiger partial charge in [-0.15, -0.1) is 0 Å².